The summed E-state index contributed by atoms with van der Waals surface area (Å²) in [6.07, 6.45) is 5.57. The van der Waals surface area contributed by atoms with E-state index in [0.717, 1.165) is 25.5 Å². The summed E-state index contributed by atoms with van der Waals surface area (Å²) in [7, 11) is 4.29. The molecule has 4 atom stereocenters. The first-order valence-corrected chi connectivity index (χ1v) is 8.86. The number of guanidine groups is 1. The van der Waals surface area contributed by atoms with Gasteiger partial charge in [-0.05, 0) is 52.6 Å². The van der Waals surface area contributed by atoms with Crippen LogP contribution in [0, 0.1) is 5.92 Å². The van der Waals surface area contributed by atoms with Gasteiger partial charge in [0.25, 0.3) is 0 Å². The van der Waals surface area contributed by atoms with Gasteiger partial charge in [0, 0.05) is 12.6 Å². The molecule has 0 spiro atoms. The van der Waals surface area contributed by atoms with E-state index in [1.807, 2.05) is 0 Å². The van der Waals surface area contributed by atoms with Crippen LogP contribution in [0.25, 0.3) is 0 Å². The maximum atomic E-state index is 5.93. The molecular formula is C17H35IN4O. The Balaban J connectivity index is 0.00000264. The first-order chi connectivity index (χ1) is 10.5. The molecule has 0 aromatic rings. The maximum Gasteiger partial charge on any atom is 0.191 e. The molecule has 2 N–H and O–H groups in total. The zero-order valence-corrected chi connectivity index (χ0v) is 17.7. The van der Waals surface area contributed by atoms with Gasteiger partial charge in [0.15, 0.2) is 5.96 Å². The first-order valence-electron chi connectivity index (χ1n) is 8.86. The number of hydrogen-bond donors (Lipinski definition) is 2. The lowest BCUT2D eigenvalue weighted by Gasteiger charge is -2.26. The SMILES string of the molecule is CCNC(=NCC(CC(C)C)N(C)C)NC1CC2CCC1O2.I. The standard InChI is InChI=1S/C17H34N4O.HI/c1-6-18-17(19-11-13(21(4)5)9-12(2)3)20-15-10-14-7-8-16(15)22-14;/h12-16H,6-11H2,1-5H3,(H2,18,19,20);1H. The third-order valence-electron chi connectivity index (χ3n) is 4.71. The number of nitrogens with zero attached hydrogens (tertiary/aromatic N) is 2. The molecule has 136 valence electrons. The fourth-order valence-corrected chi connectivity index (χ4v) is 3.47. The highest BCUT2D eigenvalue weighted by Gasteiger charge is 2.41. The van der Waals surface area contributed by atoms with Gasteiger partial charge >= 0.3 is 0 Å². The second-order valence-electron chi connectivity index (χ2n) is 7.33. The molecule has 23 heavy (non-hydrogen) atoms. The van der Waals surface area contributed by atoms with Crippen LogP contribution in [-0.4, -0.2) is 62.3 Å². The third kappa shape index (κ3) is 6.38. The highest BCUT2D eigenvalue weighted by Crippen LogP contribution is 2.34. The van der Waals surface area contributed by atoms with Gasteiger partial charge in [0.05, 0.1) is 24.8 Å². The van der Waals surface area contributed by atoms with Gasteiger partial charge in [-0.15, -0.1) is 24.0 Å². The van der Waals surface area contributed by atoms with Crippen LogP contribution in [0.2, 0.25) is 0 Å². The van der Waals surface area contributed by atoms with Gasteiger partial charge in [-0.2, -0.15) is 0 Å². The van der Waals surface area contributed by atoms with Crippen LogP contribution in [0.4, 0.5) is 0 Å². The molecule has 0 aromatic heterocycles. The van der Waals surface area contributed by atoms with Crippen LogP contribution in [0.15, 0.2) is 4.99 Å². The number of ether oxygens (including phenoxy) is 1. The molecule has 0 aliphatic carbocycles. The molecule has 2 saturated heterocycles. The fraction of sp³-hybridized carbons (Fsp3) is 0.941. The summed E-state index contributed by atoms with van der Waals surface area (Å²) in [5, 5.41) is 6.97. The second-order valence-corrected chi connectivity index (χ2v) is 7.33. The molecular weight excluding hydrogens is 403 g/mol. The summed E-state index contributed by atoms with van der Waals surface area (Å²) >= 11 is 0. The lowest BCUT2D eigenvalue weighted by Crippen LogP contribution is -2.48. The first kappa shape index (κ1) is 21.0. The largest absolute Gasteiger partial charge is 0.373 e. The number of rotatable bonds is 7. The van der Waals surface area contributed by atoms with E-state index in [1.54, 1.807) is 0 Å². The Morgan fingerprint density at radius 3 is 2.52 bits per heavy atom. The van der Waals surface area contributed by atoms with E-state index in [9.17, 15) is 0 Å². The molecule has 6 heteroatoms. The Kier molecular flexibility index (Phi) is 9.15. The van der Waals surface area contributed by atoms with Gasteiger partial charge in [-0.25, -0.2) is 0 Å². The van der Waals surface area contributed by atoms with Crippen LogP contribution in [0.1, 0.15) is 46.5 Å². The molecule has 2 bridgehead atoms. The van der Waals surface area contributed by atoms with Crippen molar-refractivity contribution in [2.45, 2.75) is 70.7 Å². The maximum absolute atomic E-state index is 5.93. The average molecular weight is 438 g/mol. The number of likely N-dealkylation sites (N-methyl/N-ethyl adjacent to an activating group) is 1. The topological polar surface area (TPSA) is 48.9 Å². The van der Waals surface area contributed by atoms with Crippen LogP contribution in [0.3, 0.4) is 0 Å². The molecule has 0 amide bonds. The summed E-state index contributed by atoms with van der Waals surface area (Å²) in [5.74, 6) is 1.64. The lowest BCUT2D eigenvalue weighted by molar-refractivity contribution is 0.0992. The van der Waals surface area contributed by atoms with Gasteiger partial charge in [0.1, 0.15) is 0 Å². The van der Waals surface area contributed by atoms with Gasteiger partial charge in [-0.1, -0.05) is 13.8 Å². The zero-order chi connectivity index (χ0) is 16.1. The third-order valence-corrected chi connectivity index (χ3v) is 4.71. The number of hydrogen-bond acceptors (Lipinski definition) is 3. The smallest absolute Gasteiger partial charge is 0.191 e. The quantitative estimate of drug-likeness (QED) is 0.364. The minimum absolute atomic E-state index is 0. The Hall–Kier alpha value is -0.0800. The molecule has 0 radical (unpaired) electrons. The number of halogens is 1. The normalized spacial score (nSPS) is 28.1. The summed E-state index contributed by atoms with van der Waals surface area (Å²) in [6, 6.07) is 0.922. The molecule has 4 unspecified atom stereocenters. The van der Waals surface area contributed by atoms with E-state index in [4.69, 9.17) is 9.73 Å². The Labute approximate surface area is 159 Å². The zero-order valence-electron chi connectivity index (χ0n) is 15.3. The fourth-order valence-electron chi connectivity index (χ4n) is 3.47. The van der Waals surface area contributed by atoms with Crippen molar-refractivity contribution >= 4 is 29.9 Å². The van der Waals surface area contributed by atoms with E-state index < -0.39 is 0 Å². The highest BCUT2D eigenvalue weighted by atomic mass is 127. The van der Waals surface area contributed by atoms with E-state index >= 15 is 0 Å². The van der Waals surface area contributed by atoms with Crippen molar-refractivity contribution in [3.05, 3.63) is 0 Å². The predicted molar refractivity (Wildman–Crippen MR) is 108 cm³/mol. The molecule has 5 nitrogen and oxygen atoms in total. The van der Waals surface area contributed by atoms with Gasteiger partial charge in [-0.3, -0.25) is 4.99 Å². The lowest BCUT2D eigenvalue weighted by atomic mass is 9.96. The minimum Gasteiger partial charge on any atom is -0.373 e. The highest BCUT2D eigenvalue weighted by molar-refractivity contribution is 14.0. The molecule has 2 heterocycles. The molecule has 2 aliphatic heterocycles. The molecule has 2 rings (SSSR count). The summed E-state index contributed by atoms with van der Waals surface area (Å²) < 4.78 is 5.93. The van der Waals surface area contributed by atoms with Crippen molar-refractivity contribution in [1.29, 1.82) is 0 Å². The van der Waals surface area contributed by atoms with Crippen molar-refractivity contribution in [3.63, 3.8) is 0 Å². The van der Waals surface area contributed by atoms with Crippen LogP contribution in [-0.2, 0) is 4.74 Å². The molecule has 2 fully saturated rings. The Morgan fingerprint density at radius 2 is 2.04 bits per heavy atom. The summed E-state index contributed by atoms with van der Waals surface area (Å²) in [6.45, 7) is 8.39. The van der Waals surface area contributed by atoms with Crippen molar-refractivity contribution in [2.24, 2.45) is 10.9 Å². The van der Waals surface area contributed by atoms with Gasteiger partial charge < -0.3 is 20.3 Å². The van der Waals surface area contributed by atoms with E-state index in [0.29, 0.717) is 30.2 Å². The monoisotopic (exact) mass is 438 g/mol. The molecule has 0 saturated carbocycles. The second kappa shape index (κ2) is 10.0. The molecule has 2 aliphatic rings. The average Bonchev–Trinajstić information content (AvgIpc) is 3.05. The number of fused-ring (bicyclic) bond motifs is 2. The number of nitrogens with one attached hydrogen (secondary N) is 2. The number of aliphatic imine (C=N–C) groups is 1. The van der Waals surface area contributed by atoms with E-state index in [-0.39, 0.29) is 24.0 Å². The summed E-state index contributed by atoms with van der Waals surface area (Å²) in [4.78, 5) is 7.12. The molecule has 0 aromatic carbocycles. The Morgan fingerprint density at radius 1 is 1.30 bits per heavy atom. The van der Waals surface area contributed by atoms with Crippen molar-refractivity contribution < 1.29 is 4.74 Å². The van der Waals surface area contributed by atoms with E-state index in [2.05, 4.69) is 50.4 Å². The van der Waals surface area contributed by atoms with Crippen LogP contribution < -0.4 is 10.6 Å². The predicted octanol–water partition coefficient (Wildman–Crippen LogP) is 2.46. The van der Waals surface area contributed by atoms with Crippen molar-refractivity contribution in [3.8, 4) is 0 Å². The van der Waals surface area contributed by atoms with Crippen molar-refractivity contribution in [2.75, 3.05) is 27.2 Å². The van der Waals surface area contributed by atoms with Crippen LogP contribution in [0.5, 0.6) is 0 Å². The summed E-state index contributed by atoms with van der Waals surface area (Å²) in [5.41, 5.74) is 0. The minimum atomic E-state index is 0. The Bertz CT molecular complexity index is 376. The van der Waals surface area contributed by atoms with Gasteiger partial charge in [0.2, 0.25) is 0 Å². The van der Waals surface area contributed by atoms with E-state index in [1.165, 1.54) is 19.3 Å². The van der Waals surface area contributed by atoms with Crippen LogP contribution >= 0.6 is 24.0 Å². The van der Waals surface area contributed by atoms with Crippen molar-refractivity contribution in [1.82, 2.24) is 15.5 Å².